The highest BCUT2D eigenvalue weighted by Gasteiger charge is 2.40. The van der Waals surface area contributed by atoms with Crippen LogP contribution < -0.4 is 5.32 Å². The number of sulfonamides is 1. The van der Waals surface area contributed by atoms with Crippen LogP contribution in [0.2, 0.25) is 0 Å². The van der Waals surface area contributed by atoms with Crippen molar-refractivity contribution in [3.05, 3.63) is 65.7 Å². The van der Waals surface area contributed by atoms with E-state index in [1.54, 1.807) is 12.1 Å². The average Bonchev–Trinajstić information content (AvgIpc) is 2.89. The minimum Gasteiger partial charge on any atom is -0.349 e. The van der Waals surface area contributed by atoms with Crippen molar-refractivity contribution < 1.29 is 18.0 Å². The predicted octanol–water partition coefficient (Wildman–Crippen LogP) is 3.51. The number of benzene rings is 2. The Morgan fingerprint density at radius 1 is 1.03 bits per heavy atom. The first kappa shape index (κ1) is 21.0. The van der Waals surface area contributed by atoms with Gasteiger partial charge in [0.25, 0.3) is 15.9 Å². The van der Waals surface area contributed by atoms with Gasteiger partial charge in [-0.05, 0) is 36.5 Å². The standard InChI is InChI=1S/C22H26N2O4S/c1-16(2)15-19(17-9-4-3-5-10-17)23-21(25)13-8-14-24-22(26)18-11-6-7-12-20(18)29(24,27)28/h3-7,9-12,16,19H,8,13-15H2,1-2H3,(H,23,25)/t19-/m1/s1. The zero-order valence-corrected chi connectivity index (χ0v) is 17.5. The number of hydrogen-bond donors (Lipinski definition) is 1. The third-order valence-electron chi connectivity index (χ3n) is 4.92. The van der Waals surface area contributed by atoms with E-state index in [-0.39, 0.29) is 41.8 Å². The Hall–Kier alpha value is -2.67. The Morgan fingerprint density at radius 3 is 2.34 bits per heavy atom. The van der Waals surface area contributed by atoms with Gasteiger partial charge in [0.1, 0.15) is 4.90 Å². The minimum atomic E-state index is -3.82. The number of carbonyl (C=O) groups excluding carboxylic acids is 2. The predicted molar refractivity (Wildman–Crippen MR) is 111 cm³/mol. The van der Waals surface area contributed by atoms with Crippen molar-refractivity contribution in [2.24, 2.45) is 5.92 Å². The van der Waals surface area contributed by atoms with Crippen LogP contribution in [-0.4, -0.2) is 31.1 Å². The first-order chi connectivity index (χ1) is 13.8. The van der Waals surface area contributed by atoms with Gasteiger partial charge in [-0.3, -0.25) is 9.59 Å². The van der Waals surface area contributed by atoms with Crippen molar-refractivity contribution in [3.63, 3.8) is 0 Å². The van der Waals surface area contributed by atoms with Crippen LogP contribution in [0.15, 0.2) is 59.5 Å². The molecule has 0 aliphatic carbocycles. The quantitative estimate of drug-likeness (QED) is 0.716. The van der Waals surface area contributed by atoms with Gasteiger partial charge in [-0.1, -0.05) is 56.3 Å². The van der Waals surface area contributed by atoms with E-state index < -0.39 is 15.9 Å². The number of amides is 2. The molecule has 1 N–H and O–H groups in total. The monoisotopic (exact) mass is 414 g/mol. The Labute approximate surface area is 172 Å². The normalized spacial score (nSPS) is 16.0. The maximum atomic E-state index is 12.6. The Bertz CT molecular complexity index is 987. The molecule has 0 unspecified atom stereocenters. The van der Waals surface area contributed by atoms with E-state index in [1.165, 1.54) is 12.1 Å². The second-order valence-electron chi connectivity index (χ2n) is 7.64. The van der Waals surface area contributed by atoms with Crippen molar-refractivity contribution in [1.29, 1.82) is 0 Å². The van der Waals surface area contributed by atoms with Crippen molar-refractivity contribution >= 4 is 21.8 Å². The molecule has 0 fully saturated rings. The van der Waals surface area contributed by atoms with Gasteiger partial charge in [-0.15, -0.1) is 0 Å². The highest BCUT2D eigenvalue weighted by Crippen LogP contribution is 2.30. The topological polar surface area (TPSA) is 83.6 Å². The lowest BCUT2D eigenvalue weighted by Crippen LogP contribution is -2.33. The summed E-state index contributed by atoms with van der Waals surface area (Å²) < 4.78 is 26.0. The molecule has 1 aliphatic heterocycles. The summed E-state index contributed by atoms with van der Waals surface area (Å²) in [5.41, 5.74) is 1.24. The van der Waals surface area contributed by atoms with E-state index in [9.17, 15) is 18.0 Å². The van der Waals surface area contributed by atoms with Gasteiger partial charge in [0.15, 0.2) is 0 Å². The zero-order valence-electron chi connectivity index (χ0n) is 16.7. The number of nitrogens with zero attached hydrogens (tertiary/aromatic N) is 1. The lowest BCUT2D eigenvalue weighted by Gasteiger charge is -2.21. The fourth-order valence-corrected chi connectivity index (χ4v) is 5.14. The Morgan fingerprint density at radius 2 is 1.69 bits per heavy atom. The lowest BCUT2D eigenvalue weighted by atomic mass is 9.97. The maximum Gasteiger partial charge on any atom is 0.269 e. The van der Waals surface area contributed by atoms with Crippen LogP contribution in [0.5, 0.6) is 0 Å². The number of fused-ring (bicyclic) bond motifs is 1. The summed E-state index contributed by atoms with van der Waals surface area (Å²) in [6.07, 6.45) is 1.23. The van der Waals surface area contributed by atoms with Crippen LogP contribution in [0, 0.1) is 5.92 Å². The molecule has 154 valence electrons. The van der Waals surface area contributed by atoms with E-state index in [4.69, 9.17) is 0 Å². The highest BCUT2D eigenvalue weighted by atomic mass is 32.2. The number of rotatable bonds is 8. The highest BCUT2D eigenvalue weighted by molar-refractivity contribution is 7.90. The summed E-state index contributed by atoms with van der Waals surface area (Å²) >= 11 is 0. The Kier molecular flexibility index (Phi) is 6.37. The molecule has 1 heterocycles. The largest absolute Gasteiger partial charge is 0.349 e. The van der Waals surface area contributed by atoms with Gasteiger partial charge in [0.2, 0.25) is 5.91 Å². The molecule has 0 radical (unpaired) electrons. The molecule has 0 aromatic heterocycles. The van der Waals surface area contributed by atoms with Crippen LogP contribution in [0.25, 0.3) is 0 Å². The first-order valence-electron chi connectivity index (χ1n) is 9.81. The van der Waals surface area contributed by atoms with Gasteiger partial charge in [0, 0.05) is 13.0 Å². The van der Waals surface area contributed by atoms with Crippen molar-refractivity contribution in [2.45, 2.75) is 44.0 Å². The van der Waals surface area contributed by atoms with Gasteiger partial charge < -0.3 is 5.32 Å². The molecule has 2 aromatic carbocycles. The molecule has 3 rings (SSSR count). The molecule has 0 spiro atoms. The molecular weight excluding hydrogens is 388 g/mol. The third-order valence-corrected chi connectivity index (χ3v) is 6.76. The second-order valence-corrected chi connectivity index (χ2v) is 9.47. The van der Waals surface area contributed by atoms with E-state index in [1.807, 2.05) is 30.3 Å². The summed E-state index contributed by atoms with van der Waals surface area (Å²) in [6, 6.07) is 15.9. The Balaban J connectivity index is 1.59. The maximum absolute atomic E-state index is 12.6. The summed E-state index contributed by atoms with van der Waals surface area (Å²) in [5.74, 6) is -0.268. The molecule has 1 atom stereocenters. The van der Waals surface area contributed by atoms with E-state index in [0.717, 1.165) is 16.3 Å². The SMILES string of the molecule is CC(C)C[C@@H](NC(=O)CCCN1C(=O)c2ccccc2S1(=O)=O)c1ccccc1. The minimum absolute atomic E-state index is 0.0105. The fraction of sp³-hybridized carbons (Fsp3) is 0.364. The average molecular weight is 415 g/mol. The summed E-state index contributed by atoms with van der Waals surface area (Å²) in [6.45, 7) is 4.19. The van der Waals surface area contributed by atoms with Crippen LogP contribution >= 0.6 is 0 Å². The molecule has 2 aromatic rings. The molecular formula is C22H26N2O4S. The molecule has 0 saturated carbocycles. The molecule has 0 saturated heterocycles. The zero-order chi connectivity index (χ0) is 21.0. The van der Waals surface area contributed by atoms with Crippen LogP contribution in [0.3, 0.4) is 0 Å². The summed E-state index contributed by atoms with van der Waals surface area (Å²) in [4.78, 5) is 24.9. The molecule has 2 amide bonds. The molecule has 0 bridgehead atoms. The number of nitrogens with one attached hydrogen (secondary N) is 1. The fourth-order valence-electron chi connectivity index (χ4n) is 3.54. The van der Waals surface area contributed by atoms with Crippen LogP contribution in [0.4, 0.5) is 0 Å². The van der Waals surface area contributed by atoms with Crippen molar-refractivity contribution in [1.82, 2.24) is 9.62 Å². The number of carbonyl (C=O) groups is 2. The van der Waals surface area contributed by atoms with E-state index in [0.29, 0.717) is 5.92 Å². The molecule has 7 heteroatoms. The van der Waals surface area contributed by atoms with Gasteiger partial charge in [0.05, 0.1) is 11.6 Å². The molecule has 29 heavy (non-hydrogen) atoms. The lowest BCUT2D eigenvalue weighted by molar-refractivity contribution is -0.122. The summed E-state index contributed by atoms with van der Waals surface area (Å²) in [5, 5.41) is 3.05. The summed E-state index contributed by atoms with van der Waals surface area (Å²) in [7, 11) is -3.82. The smallest absolute Gasteiger partial charge is 0.269 e. The van der Waals surface area contributed by atoms with Gasteiger partial charge in [-0.25, -0.2) is 12.7 Å². The van der Waals surface area contributed by atoms with E-state index in [2.05, 4.69) is 19.2 Å². The first-order valence-corrected chi connectivity index (χ1v) is 11.2. The van der Waals surface area contributed by atoms with Gasteiger partial charge >= 0.3 is 0 Å². The van der Waals surface area contributed by atoms with E-state index >= 15 is 0 Å². The van der Waals surface area contributed by atoms with Crippen LogP contribution in [-0.2, 0) is 14.8 Å². The van der Waals surface area contributed by atoms with Gasteiger partial charge in [-0.2, -0.15) is 0 Å². The van der Waals surface area contributed by atoms with Crippen molar-refractivity contribution in [3.8, 4) is 0 Å². The number of hydrogen-bond acceptors (Lipinski definition) is 4. The van der Waals surface area contributed by atoms with Crippen LogP contribution in [0.1, 0.15) is 55.1 Å². The molecule has 6 nitrogen and oxygen atoms in total. The second kappa shape index (κ2) is 8.78. The van der Waals surface area contributed by atoms with Crippen molar-refractivity contribution in [2.75, 3.05) is 6.54 Å². The molecule has 1 aliphatic rings. The third kappa shape index (κ3) is 4.67.